The Labute approximate surface area is 145 Å². The van der Waals surface area contributed by atoms with Gasteiger partial charge in [0.2, 0.25) is 0 Å². The number of aromatic amines is 1. The molecule has 2 aliphatic rings. The number of fused-ring (bicyclic) bond motifs is 2. The van der Waals surface area contributed by atoms with Gasteiger partial charge in [-0.3, -0.25) is 9.59 Å². The molecule has 4 rings (SSSR count). The number of carbonyl (C=O) groups is 2. The number of hydrogen-bond donors (Lipinski definition) is 3. The van der Waals surface area contributed by atoms with Crippen molar-refractivity contribution in [1.29, 1.82) is 0 Å². The van der Waals surface area contributed by atoms with Crippen LogP contribution in [0.15, 0.2) is 24.3 Å². The molecule has 3 N–H and O–H groups in total. The van der Waals surface area contributed by atoms with Gasteiger partial charge in [0.05, 0.1) is 5.57 Å². The number of H-pyrrole nitrogens is 1. The molecule has 5 nitrogen and oxygen atoms in total. The number of nitrogens with one attached hydrogen (secondary N) is 2. The molecule has 0 saturated heterocycles. The molecule has 0 saturated carbocycles. The number of rotatable bonds is 4. The molecule has 0 spiro atoms. The van der Waals surface area contributed by atoms with Crippen LogP contribution < -0.4 is 5.32 Å². The zero-order chi connectivity index (χ0) is 17.4. The summed E-state index contributed by atoms with van der Waals surface area (Å²) in [6, 6.07) is 7.63. The van der Waals surface area contributed by atoms with Gasteiger partial charge < -0.3 is 15.4 Å². The van der Waals surface area contributed by atoms with Crippen molar-refractivity contribution in [3.05, 3.63) is 52.3 Å². The van der Waals surface area contributed by atoms with Crippen LogP contribution in [-0.2, 0) is 28.9 Å². The minimum absolute atomic E-state index is 0.100. The molecule has 1 aromatic carbocycles. The number of aliphatic carboxylic acids is 1. The monoisotopic (exact) mass is 336 g/mol. The first-order chi connectivity index (χ1) is 12.1. The Kier molecular flexibility index (Phi) is 3.92. The summed E-state index contributed by atoms with van der Waals surface area (Å²) in [6.07, 6.45) is 6.72. The van der Waals surface area contributed by atoms with E-state index in [2.05, 4.69) is 10.3 Å². The lowest BCUT2D eigenvalue weighted by Gasteiger charge is -2.12. The quantitative estimate of drug-likeness (QED) is 0.748. The van der Waals surface area contributed by atoms with E-state index in [4.69, 9.17) is 5.11 Å². The Morgan fingerprint density at radius 1 is 1.20 bits per heavy atom. The van der Waals surface area contributed by atoms with Gasteiger partial charge in [0, 0.05) is 29.1 Å². The van der Waals surface area contributed by atoms with E-state index < -0.39 is 5.97 Å². The fourth-order valence-electron chi connectivity index (χ4n) is 3.84. The Morgan fingerprint density at radius 3 is 2.84 bits per heavy atom. The van der Waals surface area contributed by atoms with Crippen LogP contribution in [0.2, 0.25) is 0 Å². The fraction of sp³-hybridized carbons (Fsp3) is 0.300. The lowest BCUT2D eigenvalue weighted by molar-refractivity contribution is -0.137. The number of amides is 1. The van der Waals surface area contributed by atoms with Crippen molar-refractivity contribution in [3.8, 4) is 0 Å². The van der Waals surface area contributed by atoms with E-state index in [9.17, 15) is 9.59 Å². The van der Waals surface area contributed by atoms with Gasteiger partial charge in [0.1, 0.15) is 0 Å². The topological polar surface area (TPSA) is 82.2 Å². The van der Waals surface area contributed by atoms with Crippen LogP contribution in [0, 0.1) is 0 Å². The lowest BCUT2D eigenvalue weighted by atomic mass is 9.92. The molecule has 0 radical (unpaired) electrons. The van der Waals surface area contributed by atoms with Crippen molar-refractivity contribution in [2.45, 2.75) is 38.5 Å². The summed E-state index contributed by atoms with van der Waals surface area (Å²) in [5.41, 5.74) is 6.74. The third-order valence-electron chi connectivity index (χ3n) is 5.03. The molecule has 2 aromatic rings. The number of carboxylic acid groups (broad SMARTS) is 1. The molecule has 1 aliphatic heterocycles. The van der Waals surface area contributed by atoms with Crippen molar-refractivity contribution >= 4 is 29.2 Å². The Bertz CT molecular complexity index is 892. The minimum Gasteiger partial charge on any atom is -0.481 e. The predicted molar refractivity (Wildman–Crippen MR) is 96.3 cm³/mol. The fourth-order valence-corrected chi connectivity index (χ4v) is 3.84. The molecule has 0 unspecified atom stereocenters. The standard InChI is InChI=1S/C20H20N2O3/c23-19(24)10-9-14-12-5-1-3-7-16(12)21-18(14)11-15-13-6-2-4-8-17(13)22-20(15)25/h2,4,6,8,11,21H,1,3,5,7,9-10H2,(H,22,25)(H,23,24)/b15-11-. The smallest absolute Gasteiger partial charge is 0.303 e. The first-order valence-corrected chi connectivity index (χ1v) is 8.70. The van der Waals surface area contributed by atoms with Crippen LogP contribution in [0.5, 0.6) is 0 Å². The van der Waals surface area contributed by atoms with Gasteiger partial charge in [-0.1, -0.05) is 18.2 Å². The normalized spacial score (nSPS) is 17.3. The lowest BCUT2D eigenvalue weighted by Crippen LogP contribution is -2.05. The molecule has 1 aliphatic carbocycles. The molecular weight excluding hydrogens is 316 g/mol. The van der Waals surface area contributed by atoms with E-state index in [1.165, 1.54) is 11.3 Å². The van der Waals surface area contributed by atoms with Crippen molar-refractivity contribution in [2.75, 3.05) is 5.32 Å². The van der Waals surface area contributed by atoms with Crippen molar-refractivity contribution in [1.82, 2.24) is 4.98 Å². The van der Waals surface area contributed by atoms with Crippen LogP contribution in [0.3, 0.4) is 0 Å². The summed E-state index contributed by atoms with van der Waals surface area (Å²) in [7, 11) is 0. The summed E-state index contributed by atoms with van der Waals surface area (Å²) in [4.78, 5) is 26.9. The third-order valence-corrected chi connectivity index (χ3v) is 5.03. The zero-order valence-electron chi connectivity index (χ0n) is 13.9. The molecule has 0 bridgehead atoms. The Balaban J connectivity index is 1.78. The molecule has 2 heterocycles. The summed E-state index contributed by atoms with van der Waals surface area (Å²) in [5, 5.41) is 12.0. The molecule has 0 atom stereocenters. The van der Waals surface area contributed by atoms with Crippen molar-refractivity contribution in [3.63, 3.8) is 0 Å². The average Bonchev–Trinajstić information content (AvgIpc) is 3.11. The highest BCUT2D eigenvalue weighted by atomic mass is 16.4. The highest BCUT2D eigenvalue weighted by Crippen LogP contribution is 2.35. The van der Waals surface area contributed by atoms with Gasteiger partial charge in [-0.15, -0.1) is 0 Å². The molecule has 0 fully saturated rings. The Morgan fingerprint density at radius 2 is 2.00 bits per heavy atom. The number of anilines is 1. The number of benzene rings is 1. The van der Waals surface area contributed by atoms with E-state index in [0.717, 1.165) is 48.2 Å². The predicted octanol–water partition coefficient (Wildman–Crippen LogP) is 3.40. The maximum atomic E-state index is 12.4. The number of carbonyl (C=O) groups excluding carboxylic acids is 1. The molecule has 1 amide bonds. The largest absolute Gasteiger partial charge is 0.481 e. The number of aromatic nitrogens is 1. The highest BCUT2D eigenvalue weighted by Gasteiger charge is 2.25. The molecular formula is C20H20N2O3. The first kappa shape index (κ1) is 15.7. The van der Waals surface area contributed by atoms with E-state index in [0.29, 0.717) is 12.0 Å². The minimum atomic E-state index is -0.798. The van der Waals surface area contributed by atoms with Gasteiger partial charge in [-0.2, -0.15) is 0 Å². The second-order valence-corrected chi connectivity index (χ2v) is 6.63. The molecule has 1 aromatic heterocycles. The molecule has 5 heteroatoms. The van der Waals surface area contributed by atoms with Crippen LogP contribution in [0.25, 0.3) is 11.6 Å². The second-order valence-electron chi connectivity index (χ2n) is 6.63. The maximum absolute atomic E-state index is 12.4. The number of aryl methyl sites for hydroxylation is 1. The van der Waals surface area contributed by atoms with E-state index in [1.54, 1.807) is 0 Å². The second kappa shape index (κ2) is 6.24. The van der Waals surface area contributed by atoms with Gasteiger partial charge in [0.25, 0.3) is 5.91 Å². The zero-order valence-corrected chi connectivity index (χ0v) is 13.9. The average molecular weight is 336 g/mol. The summed E-state index contributed by atoms with van der Waals surface area (Å²) in [6.45, 7) is 0. The van der Waals surface area contributed by atoms with Crippen molar-refractivity contribution in [2.24, 2.45) is 0 Å². The molecule has 128 valence electrons. The van der Waals surface area contributed by atoms with E-state index >= 15 is 0 Å². The van der Waals surface area contributed by atoms with Crippen LogP contribution in [0.4, 0.5) is 5.69 Å². The maximum Gasteiger partial charge on any atom is 0.303 e. The van der Waals surface area contributed by atoms with Gasteiger partial charge in [-0.05, 0) is 55.4 Å². The summed E-state index contributed by atoms with van der Waals surface area (Å²) in [5.74, 6) is -0.911. The van der Waals surface area contributed by atoms with Crippen molar-refractivity contribution < 1.29 is 14.7 Å². The SMILES string of the molecule is O=C(O)CCc1c(/C=C2\C(=O)Nc3ccccc32)[nH]c2c1CCCC2. The Hall–Kier alpha value is -2.82. The van der Waals surface area contributed by atoms with Gasteiger partial charge in [-0.25, -0.2) is 0 Å². The third kappa shape index (κ3) is 2.86. The van der Waals surface area contributed by atoms with E-state index in [1.807, 2.05) is 30.3 Å². The number of carboxylic acids is 1. The van der Waals surface area contributed by atoms with Gasteiger partial charge >= 0.3 is 5.97 Å². The summed E-state index contributed by atoms with van der Waals surface area (Å²) >= 11 is 0. The van der Waals surface area contributed by atoms with Crippen LogP contribution in [-0.4, -0.2) is 22.0 Å². The first-order valence-electron chi connectivity index (χ1n) is 8.70. The van der Waals surface area contributed by atoms with Crippen LogP contribution >= 0.6 is 0 Å². The summed E-state index contributed by atoms with van der Waals surface area (Å²) < 4.78 is 0. The number of hydrogen-bond acceptors (Lipinski definition) is 2. The molecule has 25 heavy (non-hydrogen) atoms. The highest BCUT2D eigenvalue weighted by molar-refractivity contribution is 6.34. The van der Waals surface area contributed by atoms with Crippen LogP contribution in [0.1, 0.15) is 47.3 Å². The van der Waals surface area contributed by atoms with Gasteiger partial charge in [0.15, 0.2) is 0 Å². The van der Waals surface area contributed by atoms with E-state index in [-0.39, 0.29) is 12.3 Å². The number of para-hydroxylation sites is 1.